The topological polar surface area (TPSA) is 70.1 Å². The minimum atomic E-state index is -0.897. The van der Waals surface area contributed by atoms with Crippen LogP contribution in [0.4, 0.5) is 0 Å². The number of halogens is 1. The van der Waals surface area contributed by atoms with Gasteiger partial charge in [-0.05, 0) is 29.0 Å². The molecule has 0 bridgehead atoms. The fourth-order valence-electron chi connectivity index (χ4n) is 1.42. The van der Waals surface area contributed by atoms with E-state index in [0.717, 1.165) is 4.47 Å². The number of aliphatic hydroxyl groups is 1. The summed E-state index contributed by atoms with van der Waals surface area (Å²) in [4.78, 5) is 11.3. The Balaban J connectivity index is 2.56. The van der Waals surface area contributed by atoms with Crippen LogP contribution >= 0.6 is 15.9 Å². The molecule has 5 nitrogen and oxygen atoms in total. The largest absolute Gasteiger partial charge is 0.433 e. The van der Waals surface area contributed by atoms with Crippen molar-refractivity contribution in [2.75, 3.05) is 0 Å². The van der Waals surface area contributed by atoms with E-state index in [1.807, 2.05) is 12.1 Å². The van der Waals surface area contributed by atoms with Gasteiger partial charge in [-0.1, -0.05) is 15.9 Å². The molecule has 1 aromatic carbocycles. The highest BCUT2D eigenvalue weighted by Gasteiger charge is 2.27. The molecule has 0 fully saturated rings. The quantitative estimate of drug-likeness (QED) is 0.811. The second-order valence-electron chi connectivity index (χ2n) is 3.35. The Hall–Kier alpha value is -1.40. The SMILES string of the molecule is CC(O)c1c(=O)o[nH][n+]1-c1ccc(Br)cc1. The number of hydrogen-bond donors (Lipinski definition) is 2. The van der Waals surface area contributed by atoms with Gasteiger partial charge >= 0.3 is 11.3 Å². The Kier molecular flexibility index (Phi) is 2.93. The van der Waals surface area contributed by atoms with E-state index in [0.29, 0.717) is 5.69 Å². The van der Waals surface area contributed by atoms with Crippen LogP contribution in [0.3, 0.4) is 0 Å². The normalized spacial score (nSPS) is 12.7. The van der Waals surface area contributed by atoms with E-state index in [2.05, 4.69) is 25.7 Å². The Morgan fingerprint density at radius 3 is 2.62 bits per heavy atom. The zero-order valence-electron chi connectivity index (χ0n) is 8.48. The van der Waals surface area contributed by atoms with Crippen molar-refractivity contribution in [1.29, 1.82) is 0 Å². The molecule has 0 saturated carbocycles. The van der Waals surface area contributed by atoms with Crippen LogP contribution in [0.25, 0.3) is 5.69 Å². The predicted molar refractivity (Wildman–Crippen MR) is 59.2 cm³/mol. The van der Waals surface area contributed by atoms with Crippen molar-refractivity contribution in [2.24, 2.45) is 0 Å². The lowest BCUT2D eigenvalue weighted by Gasteiger charge is -1.96. The molecule has 0 radical (unpaired) electrons. The molecular formula is C10H10BrN2O3+. The maximum Gasteiger partial charge on any atom is 0.433 e. The van der Waals surface area contributed by atoms with Gasteiger partial charge in [0.2, 0.25) is 5.69 Å². The van der Waals surface area contributed by atoms with E-state index in [-0.39, 0.29) is 5.69 Å². The van der Waals surface area contributed by atoms with Crippen molar-refractivity contribution in [1.82, 2.24) is 5.27 Å². The number of rotatable bonds is 2. The van der Waals surface area contributed by atoms with Crippen molar-refractivity contribution >= 4 is 15.9 Å². The van der Waals surface area contributed by atoms with Gasteiger partial charge in [-0.15, -0.1) is 0 Å². The molecule has 0 amide bonds. The monoisotopic (exact) mass is 285 g/mol. The first kappa shape index (κ1) is 11.1. The second kappa shape index (κ2) is 4.23. The highest BCUT2D eigenvalue weighted by atomic mass is 79.9. The standard InChI is InChI=1S/C10H9BrN2O3/c1-6(14)9-10(15)16-12-13(9)8-4-2-7(11)3-5-8/h2-6,14H,1H3/p+1. The molecule has 1 aromatic heterocycles. The van der Waals surface area contributed by atoms with Gasteiger partial charge < -0.3 is 5.11 Å². The van der Waals surface area contributed by atoms with Crippen molar-refractivity contribution in [2.45, 2.75) is 13.0 Å². The van der Waals surface area contributed by atoms with E-state index in [1.165, 1.54) is 11.6 Å². The summed E-state index contributed by atoms with van der Waals surface area (Å²) in [5.41, 5.74) is 0.310. The Morgan fingerprint density at radius 2 is 2.06 bits per heavy atom. The average molecular weight is 286 g/mol. The first-order valence-corrected chi connectivity index (χ1v) is 5.46. The summed E-state index contributed by atoms with van der Waals surface area (Å²) < 4.78 is 7.00. The van der Waals surface area contributed by atoms with Crippen LogP contribution in [0.15, 0.2) is 38.1 Å². The molecular weight excluding hydrogens is 276 g/mol. The fourth-order valence-corrected chi connectivity index (χ4v) is 1.68. The van der Waals surface area contributed by atoms with E-state index in [1.54, 1.807) is 12.1 Å². The summed E-state index contributed by atoms with van der Waals surface area (Å²) in [6, 6.07) is 7.25. The number of H-pyrrole nitrogens is 1. The lowest BCUT2D eigenvalue weighted by atomic mass is 10.2. The van der Waals surface area contributed by atoms with Gasteiger partial charge in [-0.2, -0.15) is 0 Å². The molecule has 6 heteroatoms. The molecule has 2 rings (SSSR count). The summed E-state index contributed by atoms with van der Waals surface area (Å²) in [5.74, 6) is 0. The van der Waals surface area contributed by atoms with Crippen molar-refractivity contribution in [3.8, 4) is 5.69 Å². The number of aliphatic hydroxyl groups excluding tert-OH is 1. The van der Waals surface area contributed by atoms with Crippen LogP contribution in [0.1, 0.15) is 18.7 Å². The van der Waals surface area contributed by atoms with Crippen LogP contribution in [0.2, 0.25) is 0 Å². The molecule has 0 saturated heterocycles. The first-order chi connectivity index (χ1) is 7.59. The van der Waals surface area contributed by atoms with Crippen LogP contribution in [0, 0.1) is 0 Å². The van der Waals surface area contributed by atoms with Gasteiger partial charge in [-0.3, -0.25) is 4.52 Å². The number of aromatic nitrogens is 2. The van der Waals surface area contributed by atoms with Gasteiger partial charge in [0, 0.05) is 16.6 Å². The third-order valence-electron chi connectivity index (χ3n) is 2.16. The smallest absolute Gasteiger partial charge is 0.382 e. The molecule has 0 aliphatic carbocycles. The first-order valence-electron chi connectivity index (χ1n) is 4.67. The predicted octanol–water partition coefficient (Wildman–Crippen LogP) is 1.06. The lowest BCUT2D eigenvalue weighted by molar-refractivity contribution is -0.680. The van der Waals surface area contributed by atoms with E-state index in [4.69, 9.17) is 0 Å². The van der Waals surface area contributed by atoms with Crippen molar-refractivity contribution in [3.63, 3.8) is 0 Å². The maximum atomic E-state index is 11.3. The van der Waals surface area contributed by atoms with Crippen LogP contribution in [-0.4, -0.2) is 10.4 Å². The summed E-state index contributed by atoms with van der Waals surface area (Å²) in [6.07, 6.45) is -0.897. The van der Waals surface area contributed by atoms with Crippen molar-refractivity contribution in [3.05, 3.63) is 44.9 Å². The Bertz CT molecular complexity index is 542. The van der Waals surface area contributed by atoms with Crippen LogP contribution in [0.5, 0.6) is 0 Å². The summed E-state index contributed by atoms with van der Waals surface area (Å²) in [5, 5.41) is 11.9. The molecule has 0 aliphatic rings. The summed E-state index contributed by atoms with van der Waals surface area (Å²) >= 11 is 3.32. The van der Waals surface area contributed by atoms with Crippen molar-refractivity contribution < 1.29 is 14.3 Å². The van der Waals surface area contributed by atoms with Gasteiger partial charge in [0.15, 0.2) is 0 Å². The van der Waals surface area contributed by atoms with E-state index >= 15 is 0 Å². The number of hydrogen-bond acceptors (Lipinski definition) is 3. The molecule has 0 aliphatic heterocycles. The highest BCUT2D eigenvalue weighted by Crippen LogP contribution is 2.11. The molecule has 1 atom stereocenters. The maximum absolute atomic E-state index is 11.3. The molecule has 84 valence electrons. The minimum Gasteiger partial charge on any atom is -0.382 e. The Labute approximate surface area is 99.4 Å². The lowest BCUT2D eigenvalue weighted by Crippen LogP contribution is -2.39. The minimum absolute atomic E-state index is 0.169. The second-order valence-corrected chi connectivity index (χ2v) is 4.27. The van der Waals surface area contributed by atoms with Crippen LogP contribution < -0.4 is 10.3 Å². The van der Waals surface area contributed by atoms with Gasteiger partial charge in [0.05, 0.1) is 0 Å². The van der Waals surface area contributed by atoms with Gasteiger partial charge in [-0.25, -0.2) is 4.79 Å². The van der Waals surface area contributed by atoms with E-state index in [9.17, 15) is 9.90 Å². The van der Waals surface area contributed by atoms with Crippen LogP contribution in [-0.2, 0) is 0 Å². The van der Waals surface area contributed by atoms with Gasteiger partial charge in [0.1, 0.15) is 6.10 Å². The number of nitrogens with zero attached hydrogens (tertiary/aromatic N) is 1. The van der Waals surface area contributed by atoms with E-state index < -0.39 is 11.7 Å². The molecule has 1 heterocycles. The highest BCUT2D eigenvalue weighted by molar-refractivity contribution is 9.10. The molecule has 1 unspecified atom stereocenters. The molecule has 0 spiro atoms. The summed E-state index contributed by atoms with van der Waals surface area (Å²) in [6.45, 7) is 1.51. The third kappa shape index (κ3) is 1.94. The molecule has 2 aromatic rings. The zero-order chi connectivity index (χ0) is 11.7. The third-order valence-corrected chi connectivity index (χ3v) is 2.69. The Morgan fingerprint density at radius 1 is 1.44 bits per heavy atom. The number of aromatic amines is 1. The molecule has 2 N–H and O–H groups in total. The zero-order valence-corrected chi connectivity index (χ0v) is 10.1. The van der Waals surface area contributed by atoms with Gasteiger partial charge in [0.25, 0.3) is 0 Å². The number of benzene rings is 1. The molecule has 16 heavy (non-hydrogen) atoms. The number of nitrogens with one attached hydrogen (secondary N) is 1. The summed E-state index contributed by atoms with van der Waals surface area (Å²) in [7, 11) is 0. The average Bonchev–Trinajstić information content (AvgIpc) is 2.61. The fraction of sp³-hybridized carbons (Fsp3) is 0.200.